The van der Waals surface area contributed by atoms with Crippen LogP contribution < -0.4 is 5.73 Å². The third-order valence-electron chi connectivity index (χ3n) is 1.91. The molecule has 2 N–H and O–H groups in total. The van der Waals surface area contributed by atoms with Gasteiger partial charge in [0.25, 0.3) is 0 Å². The van der Waals surface area contributed by atoms with Crippen molar-refractivity contribution in [3.8, 4) is 0 Å². The van der Waals surface area contributed by atoms with Crippen molar-refractivity contribution in [2.24, 2.45) is 11.7 Å². The molecule has 0 saturated carbocycles. The second-order valence-corrected chi connectivity index (χ2v) is 3.74. The first-order valence-corrected chi connectivity index (χ1v) is 4.46. The maximum Gasteiger partial charge on any atom is 0.217 e. The van der Waals surface area contributed by atoms with E-state index in [0.717, 1.165) is 0 Å². The third-order valence-corrected chi connectivity index (χ3v) is 2.12. The van der Waals surface area contributed by atoms with E-state index in [2.05, 4.69) is 4.98 Å². The predicted molar refractivity (Wildman–Crippen MR) is 51.0 cm³/mol. The van der Waals surface area contributed by atoms with E-state index in [0.29, 0.717) is 10.6 Å². The Morgan fingerprint density at radius 3 is 2.69 bits per heavy atom. The Morgan fingerprint density at radius 2 is 2.15 bits per heavy atom. The Morgan fingerprint density at radius 1 is 1.54 bits per heavy atom. The van der Waals surface area contributed by atoms with Crippen molar-refractivity contribution in [2.75, 3.05) is 0 Å². The summed E-state index contributed by atoms with van der Waals surface area (Å²) < 4.78 is 13.1. The number of pyridine rings is 1. The van der Waals surface area contributed by atoms with Gasteiger partial charge in [-0.25, -0.2) is 4.98 Å². The van der Waals surface area contributed by atoms with Crippen LogP contribution in [0.5, 0.6) is 0 Å². The molecular weight excluding hydrogens is 191 g/mol. The number of rotatable bonds is 2. The molecule has 13 heavy (non-hydrogen) atoms. The molecule has 0 fully saturated rings. The average Bonchev–Trinajstić information content (AvgIpc) is 2.08. The van der Waals surface area contributed by atoms with E-state index in [-0.39, 0.29) is 12.0 Å². The molecule has 0 aliphatic rings. The highest BCUT2D eigenvalue weighted by atomic mass is 35.5. The molecular formula is C9H12ClFN2. The van der Waals surface area contributed by atoms with Crippen molar-refractivity contribution in [1.29, 1.82) is 0 Å². The molecule has 0 unspecified atom stereocenters. The Hall–Kier alpha value is -0.670. The van der Waals surface area contributed by atoms with Gasteiger partial charge in [-0.3, -0.25) is 0 Å². The van der Waals surface area contributed by atoms with E-state index in [1.165, 1.54) is 12.3 Å². The fourth-order valence-corrected chi connectivity index (χ4v) is 1.20. The molecule has 2 nitrogen and oxygen atoms in total. The molecule has 0 saturated heterocycles. The highest BCUT2D eigenvalue weighted by Crippen LogP contribution is 2.22. The zero-order chi connectivity index (χ0) is 10.0. The van der Waals surface area contributed by atoms with Gasteiger partial charge >= 0.3 is 0 Å². The van der Waals surface area contributed by atoms with Gasteiger partial charge < -0.3 is 5.73 Å². The van der Waals surface area contributed by atoms with Crippen LogP contribution in [0, 0.1) is 11.9 Å². The largest absolute Gasteiger partial charge is 0.324 e. The van der Waals surface area contributed by atoms with Gasteiger partial charge in [-0.15, -0.1) is 0 Å². The molecule has 1 atom stereocenters. The summed E-state index contributed by atoms with van der Waals surface area (Å²) in [5, 5.41) is 0.410. The summed E-state index contributed by atoms with van der Waals surface area (Å²) in [6.45, 7) is 3.84. The third kappa shape index (κ3) is 2.39. The van der Waals surface area contributed by atoms with Crippen molar-refractivity contribution >= 4 is 11.6 Å². The molecule has 0 aromatic carbocycles. The van der Waals surface area contributed by atoms with E-state index in [1.54, 1.807) is 0 Å². The quantitative estimate of drug-likeness (QED) is 0.749. The van der Waals surface area contributed by atoms with Gasteiger partial charge in [-0.2, -0.15) is 4.39 Å². The summed E-state index contributed by atoms with van der Waals surface area (Å²) >= 11 is 5.68. The minimum absolute atomic E-state index is 0.162. The highest BCUT2D eigenvalue weighted by molar-refractivity contribution is 6.30. The fourth-order valence-electron chi connectivity index (χ4n) is 1.03. The Bertz CT molecular complexity index is 302. The SMILES string of the molecule is CC(C)[C@@H](N)c1cc(Cl)cnc1F. The first-order chi connectivity index (χ1) is 6.02. The van der Waals surface area contributed by atoms with Crippen molar-refractivity contribution in [3.05, 3.63) is 28.8 Å². The summed E-state index contributed by atoms with van der Waals surface area (Å²) in [6, 6.07) is 1.17. The van der Waals surface area contributed by atoms with Crippen molar-refractivity contribution in [2.45, 2.75) is 19.9 Å². The van der Waals surface area contributed by atoms with Crippen LogP contribution in [-0.4, -0.2) is 4.98 Å². The van der Waals surface area contributed by atoms with Gasteiger partial charge in [0, 0.05) is 17.8 Å². The second-order valence-electron chi connectivity index (χ2n) is 3.30. The smallest absolute Gasteiger partial charge is 0.217 e. The fraction of sp³-hybridized carbons (Fsp3) is 0.444. The lowest BCUT2D eigenvalue weighted by molar-refractivity contribution is 0.472. The maximum absolute atomic E-state index is 13.1. The average molecular weight is 203 g/mol. The van der Waals surface area contributed by atoms with Crippen LogP contribution in [0.2, 0.25) is 5.02 Å². The Balaban J connectivity index is 3.05. The molecule has 0 bridgehead atoms. The van der Waals surface area contributed by atoms with Crippen LogP contribution in [0.3, 0.4) is 0 Å². The van der Waals surface area contributed by atoms with Gasteiger partial charge in [-0.05, 0) is 12.0 Å². The Labute approximate surface area is 81.9 Å². The van der Waals surface area contributed by atoms with Crippen LogP contribution in [0.1, 0.15) is 25.5 Å². The lowest BCUT2D eigenvalue weighted by Gasteiger charge is -2.15. The number of halogens is 2. The number of hydrogen-bond donors (Lipinski definition) is 1. The van der Waals surface area contributed by atoms with Gasteiger partial charge in [0.05, 0.1) is 5.02 Å². The highest BCUT2D eigenvalue weighted by Gasteiger charge is 2.15. The molecule has 0 amide bonds. The van der Waals surface area contributed by atoms with Crippen molar-refractivity contribution < 1.29 is 4.39 Å². The number of hydrogen-bond acceptors (Lipinski definition) is 2. The van der Waals surface area contributed by atoms with Crippen molar-refractivity contribution in [3.63, 3.8) is 0 Å². The van der Waals surface area contributed by atoms with Crippen LogP contribution >= 0.6 is 11.6 Å². The molecule has 4 heteroatoms. The summed E-state index contributed by atoms with van der Waals surface area (Å²) in [7, 11) is 0. The van der Waals surface area contributed by atoms with E-state index >= 15 is 0 Å². The summed E-state index contributed by atoms with van der Waals surface area (Å²) in [6.07, 6.45) is 1.27. The van der Waals surface area contributed by atoms with E-state index in [4.69, 9.17) is 17.3 Å². The van der Waals surface area contributed by atoms with E-state index < -0.39 is 5.95 Å². The summed E-state index contributed by atoms with van der Waals surface area (Å²) in [5.74, 6) is -0.375. The van der Waals surface area contributed by atoms with Gasteiger partial charge in [-0.1, -0.05) is 25.4 Å². The topological polar surface area (TPSA) is 38.9 Å². The minimum atomic E-state index is -0.536. The molecule has 1 aromatic heterocycles. The molecule has 1 heterocycles. The summed E-state index contributed by atoms with van der Waals surface area (Å²) in [4.78, 5) is 3.50. The van der Waals surface area contributed by atoms with Crippen LogP contribution in [0.4, 0.5) is 4.39 Å². The molecule has 0 spiro atoms. The zero-order valence-corrected chi connectivity index (χ0v) is 8.35. The minimum Gasteiger partial charge on any atom is -0.324 e. The molecule has 72 valence electrons. The second kappa shape index (κ2) is 4.03. The number of nitrogens with two attached hydrogens (primary N) is 1. The van der Waals surface area contributed by atoms with Gasteiger partial charge in [0.15, 0.2) is 0 Å². The lowest BCUT2D eigenvalue weighted by atomic mass is 9.98. The molecule has 1 aromatic rings. The lowest BCUT2D eigenvalue weighted by Crippen LogP contribution is -2.18. The first-order valence-electron chi connectivity index (χ1n) is 4.09. The predicted octanol–water partition coefficient (Wildman–Crippen LogP) is 2.53. The van der Waals surface area contributed by atoms with Gasteiger partial charge in [0.2, 0.25) is 5.95 Å². The monoisotopic (exact) mass is 202 g/mol. The van der Waals surface area contributed by atoms with E-state index in [9.17, 15) is 4.39 Å². The van der Waals surface area contributed by atoms with Crippen LogP contribution in [0.15, 0.2) is 12.3 Å². The summed E-state index contributed by atoms with van der Waals surface area (Å²) in [5.41, 5.74) is 6.15. The standard InChI is InChI=1S/C9H12ClFN2/c1-5(2)8(12)7-3-6(10)4-13-9(7)11/h3-5,8H,12H2,1-2H3/t8-/m1/s1. The molecule has 0 radical (unpaired) electrons. The first kappa shape index (κ1) is 10.4. The number of nitrogens with zero attached hydrogens (tertiary/aromatic N) is 1. The molecule has 0 aliphatic carbocycles. The number of aromatic nitrogens is 1. The Kier molecular flexibility index (Phi) is 3.22. The maximum atomic E-state index is 13.1. The van der Waals surface area contributed by atoms with Crippen LogP contribution in [-0.2, 0) is 0 Å². The normalized spacial score (nSPS) is 13.4. The van der Waals surface area contributed by atoms with Crippen LogP contribution in [0.25, 0.3) is 0 Å². The zero-order valence-electron chi connectivity index (χ0n) is 7.59. The molecule has 0 aliphatic heterocycles. The van der Waals surface area contributed by atoms with Gasteiger partial charge in [0.1, 0.15) is 0 Å². The van der Waals surface area contributed by atoms with Crippen molar-refractivity contribution in [1.82, 2.24) is 4.98 Å². The molecule has 1 rings (SSSR count). The van der Waals surface area contributed by atoms with E-state index in [1.807, 2.05) is 13.8 Å².